The average Bonchev–Trinajstić information content (AvgIpc) is 2.28. The number of benzene rings is 1. The zero-order valence-electron chi connectivity index (χ0n) is 9.86. The van der Waals surface area contributed by atoms with Crippen molar-refractivity contribution in [3.8, 4) is 0 Å². The van der Waals surface area contributed by atoms with Gasteiger partial charge in [-0.05, 0) is 37.8 Å². The minimum atomic E-state index is 0.809. The number of hydrogen-bond donors (Lipinski definition) is 0. The van der Waals surface area contributed by atoms with Gasteiger partial charge in [0.05, 0.1) is 0 Å². The zero-order valence-corrected chi connectivity index (χ0v) is 9.86. The molecule has 1 aliphatic carbocycles. The quantitative estimate of drug-likeness (QED) is 0.706. The molecule has 2 rings (SSSR count). The van der Waals surface area contributed by atoms with E-state index >= 15 is 0 Å². The van der Waals surface area contributed by atoms with Gasteiger partial charge in [0.25, 0.3) is 0 Å². The molecule has 2 heteroatoms. The molecular weight excluding hydrogens is 198 g/mol. The minimum Gasteiger partial charge on any atom is -0.371 e. The molecule has 0 aromatic heterocycles. The SMILES string of the molecule is CCN(CC1CCC1)c1ccccc1C=O. The molecule has 0 atom stereocenters. The zero-order chi connectivity index (χ0) is 11.4. The lowest BCUT2D eigenvalue weighted by molar-refractivity contribution is 0.112. The van der Waals surface area contributed by atoms with E-state index in [1.807, 2.05) is 24.3 Å². The van der Waals surface area contributed by atoms with E-state index in [0.29, 0.717) is 0 Å². The maximum atomic E-state index is 11.0. The first-order valence-corrected chi connectivity index (χ1v) is 6.14. The topological polar surface area (TPSA) is 20.3 Å². The van der Waals surface area contributed by atoms with Crippen molar-refractivity contribution in [2.24, 2.45) is 5.92 Å². The van der Waals surface area contributed by atoms with Crippen LogP contribution in [0.3, 0.4) is 0 Å². The Morgan fingerprint density at radius 1 is 1.38 bits per heavy atom. The molecular formula is C14H19NO. The molecule has 0 radical (unpaired) electrons. The number of carbonyl (C=O) groups excluding carboxylic acids is 1. The van der Waals surface area contributed by atoms with Crippen LogP contribution < -0.4 is 4.90 Å². The number of para-hydroxylation sites is 1. The molecule has 0 unspecified atom stereocenters. The van der Waals surface area contributed by atoms with Crippen LogP contribution in [0.2, 0.25) is 0 Å². The predicted molar refractivity (Wildman–Crippen MR) is 67.1 cm³/mol. The lowest BCUT2D eigenvalue weighted by atomic mass is 9.85. The molecule has 16 heavy (non-hydrogen) atoms. The monoisotopic (exact) mass is 217 g/mol. The summed E-state index contributed by atoms with van der Waals surface area (Å²) in [6.45, 7) is 4.23. The van der Waals surface area contributed by atoms with E-state index in [-0.39, 0.29) is 0 Å². The summed E-state index contributed by atoms with van der Waals surface area (Å²) in [5.74, 6) is 0.833. The third-order valence-corrected chi connectivity index (χ3v) is 3.49. The molecule has 1 fully saturated rings. The van der Waals surface area contributed by atoms with Gasteiger partial charge in [0.2, 0.25) is 0 Å². The molecule has 0 amide bonds. The standard InChI is InChI=1S/C14H19NO/c1-2-15(10-12-6-5-7-12)14-9-4-3-8-13(14)11-16/h3-4,8-9,11-12H,2,5-7,10H2,1H3. The third-order valence-electron chi connectivity index (χ3n) is 3.49. The summed E-state index contributed by atoms with van der Waals surface area (Å²) in [6, 6.07) is 7.87. The second-order valence-corrected chi connectivity index (χ2v) is 4.51. The Morgan fingerprint density at radius 3 is 2.69 bits per heavy atom. The van der Waals surface area contributed by atoms with Gasteiger partial charge in [0.15, 0.2) is 6.29 Å². The largest absolute Gasteiger partial charge is 0.371 e. The average molecular weight is 217 g/mol. The Balaban J connectivity index is 2.14. The fraction of sp³-hybridized carbons (Fsp3) is 0.500. The van der Waals surface area contributed by atoms with Crippen LogP contribution >= 0.6 is 0 Å². The first kappa shape index (κ1) is 11.2. The molecule has 0 aliphatic heterocycles. The fourth-order valence-corrected chi connectivity index (χ4v) is 2.26. The van der Waals surface area contributed by atoms with Crippen LogP contribution in [-0.4, -0.2) is 19.4 Å². The van der Waals surface area contributed by atoms with Gasteiger partial charge in [-0.25, -0.2) is 0 Å². The summed E-state index contributed by atoms with van der Waals surface area (Å²) in [4.78, 5) is 13.3. The molecule has 1 aromatic carbocycles. The summed E-state index contributed by atoms with van der Waals surface area (Å²) in [5.41, 5.74) is 1.90. The highest BCUT2D eigenvalue weighted by Gasteiger charge is 2.21. The highest BCUT2D eigenvalue weighted by Crippen LogP contribution is 2.29. The van der Waals surface area contributed by atoms with Crippen molar-refractivity contribution in [3.05, 3.63) is 29.8 Å². The number of aldehydes is 1. The summed E-state index contributed by atoms with van der Waals surface area (Å²) in [5, 5.41) is 0. The maximum absolute atomic E-state index is 11.0. The van der Waals surface area contributed by atoms with Crippen molar-refractivity contribution in [2.45, 2.75) is 26.2 Å². The molecule has 0 heterocycles. The van der Waals surface area contributed by atoms with Crippen LogP contribution in [0.15, 0.2) is 24.3 Å². The molecule has 1 aliphatic rings. The van der Waals surface area contributed by atoms with Gasteiger partial charge in [-0.1, -0.05) is 18.6 Å². The summed E-state index contributed by atoms with van der Waals surface area (Å²) in [7, 11) is 0. The van der Waals surface area contributed by atoms with Crippen LogP contribution in [-0.2, 0) is 0 Å². The van der Waals surface area contributed by atoms with Gasteiger partial charge in [0.1, 0.15) is 0 Å². The van der Waals surface area contributed by atoms with Gasteiger partial charge < -0.3 is 4.90 Å². The van der Waals surface area contributed by atoms with Crippen LogP contribution in [0, 0.1) is 5.92 Å². The van der Waals surface area contributed by atoms with E-state index in [9.17, 15) is 4.79 Å². The van der Waals surface area contributed by atoms with Crippen LogP contribution in [0.25, 0.3) is 0 Å². The molecule has 0 N–H and O–H groups in total. The molecule has 2 nitrogen and oxygen atoms in total. The van der Waals surface area contributed by atoms with E-state index in [0.717, 1.165) is 36.5 Å². The van der Waals surface area contributed by atoms with Crippen LogP contribution in [0.5, 0.6) is 0 Å². The number of rotatable bonds is 5. The number of hydrogen-bond acceptors (Lipinski definition) is 2. The summed E-state index contributed by atoms with van der Waals surface area (Å²) < 4.78 is 0. The number of anilines is 1. The first-order valence-electron chi connectivity index (χ1n) is 6.14. The maximum Gasteiger partial charge on any atom is 0.152 e. The fourth-order valence-electron chi connectivity index (χ4n) is 2.26. The van der Waals surface area contributed by atoms with Gasteiger partial charge in [-0.3, -0.25) is 4.79 Å². The molecule has 1 saturated carbocycles. The molecule has 0 spiro atoms. The van der Waals surface area contributed by atoms with Crippen LogP contribution in [0.1, 0.15) is 36.5 Å². The minimum absolute atomic E-state index is 0.809. The second kappa shape index (κ2) is 5.15. The third kappa shape index (κ3) is 2.26. The van der Waals surface area contributed by atoms with Crippen molar-refractivity contribution in [1.29, 1.82) is 0 Å². The highest BCUT2D eigenvalue weighted by molar-refractivity contribution is 5.84. The predicted octanol–water partition coefficient (Wildman–Crippen LogP) is 3.13. The van der Waals surface area contributed by atoms with Crippen molar-refractivity contribution in [1.82, 2.24) is 0 Å². The van der Waals surface area contributed by atoms with Crippen molar-refractivity contribution in [2.75, 3.05) is 18.0 Å². The summed E-state index contributed by atoms with van der Waals surface area (Å²) in [6.07, 6.45) is 5.02. The Bertz CT molecular complexity index is 358. The first-order chi connectivity index (χ1) is 7.85. The van der Waals surface area contributed by atoms with Gasteiger partial charge in [-0.2, -0.15) is 0 Å². The van der Waals surface area contributed by atoms with E-state index in [4.69, 9.17) is 0 Å². The number of carbonyl (C=O) groups is 1. The molecule has 1 aromatic rings. The second-order valence-electron chi connectivity index (χ2n) is 4.51. The Morgan fingerprint density at radius 2 is 2.12 bits per heavy atom. The van der Waals surface area contributed by atoms with E-state index < -0.39 is 0 Å². The number of nitrogens with zero attached hydrogens (tertiary/aromatic N) is 1. The highest BCUT2D eigenvalue weighted by atomic mass is 16.1. The van der Waals surface area contributed by atoms with E-state index in [2.05, 4.69) is 11.8 Å². The lowest BCUT2D eigenvalue weighted by Crippen LogP contribution is -2.33. The van der Waals surface area contributed by atoms with Crippen molar-refractivity contribution >= 4 is 12.0 Å². The Kier molecular flexibility index (Phi) is 3.60. The molecule has 0 saturated heterocycles. The Hall–Kier alpha value is -1.31. The van der Waals surface area contributed by atoms with Gasteiger partial charge in [0, 0.05) is 24.3 Å². The van der Waals surface area contributed by atoms with E-state index in [1.54, 1.807) is 0 Å². The van der Waals surface area contributed by atoms with Crippen molar-refractivity contribution < 1.29 is 4.79 Å². The normalized spacial score (nSPS) is 15.6. The summed E-state index contributed by atoms with van der Waals surface area (Å²) >= 11 is 0. The smallest absolute Gasteiger partial charge is 0.152 e. The molecule has 86 valence electrons. The van der Waals surface area contributed by atoms with E-state index in [1.165, 1.54) is 19.3 Å². The lowest BCUT2D eigenvalue weighted by Gasteiger charge is -2.33. The van der Waals surface area contributed by atoms with Gasteiger partial charge in [-0.15, -0.1) is 0 Å². The molecule has 0 bridgehead atoms. The Labute approximate surface area is 97.3 Å². The van der Waals surface area contributed by atoms with Crippen LogP contribution in [0.4, 0.5) is 5.69 Å². The van der Waals surface area contributed by atoms with Crippen molar-refractivity contribution in [3.63, 3.8) is 0 Å². The van der Waals surface area contributed by atoms with Gasteiger partial charge >= 0.3 is 0 Å².